The van der Waals surface area contributed by atoms with Crippen molar-refractivity contribution in [2.45, 2.75) is 57.4 Å². The fraction of sp³-hybridized carbons (Fsp3) is 0.345. The summed E-state index contributed by atoms with van der Waals surface area (Å²) in [4.78, 5) is 29.1. The topological polar surface area (TPSA) is 114 Å². The zero-order valence-electron chi connectivity index (χ0n) is 22.1. The summed E-state index contributed by atoms with van der Waals surface area (Å²) in [6.07, 6.45) is 3.72. The van der Waals surface area contributed by atoms with Gasteiger partial charge in [-0.25, -0.2) is 8.42 Å². The predicted molar refractivity (Wildman–Crippen MR) is 146 cm³/mol. The number of aromatic nitrogens is 1. The van der Waals surface area contributed by atoms with E-state index in [2.05, 4.69) is 5.16 Å². The molecule has 2 aromatic carbocycles. The van der Waals surface area contributed by atoms with Gasteiger partial charge in [-0.3, -0.25) is 14.5 Å². The molecule has 1 unspecified atom stereocenters. The SMILES string of the molecule is Cc1cc(N2C(=O)c3oc4cc(C)c(C)cc4c(=O)c3C2c2ccc(S(=O)(=O)N3CCCCCC3)cc2)no1. The van der Waals surface area contributed by atoms with Crippen LogP contribution in [0, 0.1) is 20.8 Å². The second kappa shape index (κ2) is 9.46. The van der Waals surface area contributed by atoms with Crippen LogP contribution < -0.4 is 10.3 Å². The van der Waals surface area contributed by atoms with E-state index in [4.69, 9.17) is 8.94 Å². The van der Waals surface area contributed by atoms with Gasteiger partial charge in [0.05, 0.1) is 21.9 Å². The summed E-state index contributed by atoms with van der Waals surface area (Å²) in [5.74, 6) is 0.178. The summed E-state index contributed by atoms with van der Waals surface area (Å²) < 4.78 is 39.5. The summed E-state index contributed by atoms with van der Waals surface area (Å²) in [5, 5.41) is 4.43. The molecular formula is C29H29N3O6S. The van der Waals surface area contributed by atoms with E-state index in [0.717, 1.165) is 36.8 Å². The lowest BCUT2D eigenvalue weighted by molar-refractivity contribution is 0.0969. The Kier molecular flexibility index (Phi) is 6.19. The van der Waals surface area contributed by atoms with Crippen molar-refractivity contribution in [2.24, 2.45) is 0 Å². The third-order valence-corrected chi connectivity index (χ3v) is 9.66. The van der Waals surface area contributed by atoms with Crippen LogP contribution in [-0.2, 0) is 10.0 Å². The fourth-order valence-electron chi connectivity index (χ4n) is 5.50. The Balaban J connectivity index is 1.49. The van der Waals surface area contributed by atoms with E-state index in [1.165, 1.54) is 4.90 Å². The van der Waals surface area contributed by atoms with Crippen LogP contribution in [0.5, 0.6) is 0 Å². The number of hydrogen-bond acceptors (Lipinski definition) is 7. The molecule has 1 atom stereocenters. The van der Waals surface area contributed by atoms with E-state index in [9.17, 15) is 18.0 Å². The molecule has 2 aromatic heterocycles. The highest BCUT2D eigenvalue weighted by Crippen LogP contribution is 2.41. The maximum atomic E-state index is 13.9. The van der Waals surface area contributed by atoms with Gasteiger partial charge in [-0.15, -0.1) is 0 Å². The molecule has 2 aliphatic heterocycles. The molecule has 1 saturated heterocycles. The maximum Gasteiger partial charge on any atom is 0.296 e. The molecular weight excluding hydrogens is 518 g/mol. The van der Waals surface area contributed by atoms with Gasteiger partial charge in [-0.05, 0) is 74.6 Å². The van der Waals surface area contributed by atoms with Gasteiger partial charge >= 0.3 is 0 Å². The van der Waals surface area contributed by atoms with Crippen LogP contribution in [0.15, 0.2) is 61.1 Å². The van der Waals surface area contributed by atoms with E-state index >= 15 is 0 Å². The number of aryl methyl sites for hydroxylation is 3. The summed E-state index contributed by atoms with van der Waals surface area (Å²) in [6.45, 7) is 6.54. The van der Waals surface area contributed by atoms with Crippen molar-refractivity contribution in [1.29, 1.82) is 0 Å². The molecule has 202 valence electrons. The van der Waals surface area contributed by atoms with E-state index < -0.39 is 22.0 Å². The third-order valence-electron chi connectivity index (χ3n) is 7.75. The minimum absolute atomic E-state index is 0.0531. The van der Waals surface area contributed by atoms with E-state index in [-0.39, 0.29) is 27.5 Å². The van der Waals surface area contributed by atoms with E-state index in [1.807, 2.05) is 13.8 Å². The van der Waals surface area contributed by atoms with Crippen molar-refractivity contribution in [3.8, 4) is 0 Å². The molecule has 6 rings (SSSR count). The second-order valence-corrected chi connectivity index (χ2v) is 12.3. The summed E-state index contributed by atoms with van der Waals surface area (Å²) in [7, 11) is -3.66. The molecule has 0 aliphatic carbocycles. The monoisotopic (exact) mass is 547 g/mol. The Morgan fingerprint density at radius 1 is 0.897 bits per heavy atom. The highest BCUT2D eigenvalue weighted by molar-refractivity contribution is 7.89. The molecule has 2 aliphatic rings. The van der Waals surface area contributed by atoms with Gasteiger partial charge in [0, 0.05) is 19.2 Å². The average Bonchev–Trinajstić information content (AvgIpc) is 3.32. The number of carbonyl (C=O) groups excluding carboxylic acids is 1. The van der Waals surface area contributed by atoms with Gasteiger partial charge in [0.2, 0.25) is 15.8 Å². The average molecular weight is 548 g/mol. The fourth-order valence-corrected chi connectivity index (χ4v) is 7.02. The molecule has 0 radical (unpaired) electrons. The van der Waals surface area contributed by atoms with Crippen LogP contribution in [0.2, 0.25) is 0 Å². The first-order valence-electron chi connectivity index (χ1n) is 13.1. The zero-order chi connectivity index (χ0) is 27.5. The van der Waals surface area contributed by atoms with Crippen molar-refractivity contribution in [3.63, 3.8) is 0 Å². The largest absolute Gasteiger partial charge is 0.450 e. The van der Waals surface area contributed by atoms with Crippen molar-refractivity contribution in [3.05, 3.63) is 86.5 Å². The van der Waals surface area contributed by atoms with Crippen LogP contribution in [0.4, 0.5) is 5.82 Å². The number of amides is 1. The molecule has 9 nitrogen and oxygen atoms in total. The third kappa shape index (κ3) is 4.18. The molecule has 4 aromatic rings. The van der Waals surface area contributed by atoms with Crippen LogP contribution in [-0.4, -0.2) is 36.9 Å². The number of benzene rings is 2. The zero-order valence-corrected chi connectivity index (χ0v) is 22.9. The van der Waals surface area contributed by atoms with Crippen LogP contribution >= 0.6 is 0 Å². The normalized spacial score (nSPS) is 18.5. The van der Waals surface area contributed by atoms with Gasteiger partial charge < -0.3 is 8.94 Å². The number of nitrogens with zero attached hydrogens (tertiary/aromatic N) is 3. The molecule has 4 heterocycles. The summed E-state index contributed by atoms with van der Waals surface area (Å²) in [5.41, 5.74) is 2.66. The molecule has 0 N–H and O–H groups in total. The lowest BCUT2D eigenvalue weighted by atomic mass is 9.97. The number of carbonyl (C=O) groups is 1. The minimum atomic E-state index is -3.66. The van der Waals surface area contributed by atoms with Gasteiger partial charge in [0.1, 0.15) is 11.3 Å². The first kappa shape index (κ1) is 25.5. The van der Waals surface area contributed by atoms with Crippen molar-refractivity contribution in [1.82, 2.24) is 9.46 Å². The molecule has 0 saturated carbocycles. The number of rotatable bonds is 4. The quantitative estimate of drug-likeness (QED) is 0.352. The second-order valence-electron chi connectivity index (χ2n) is 10.4. The van der Waals surface area contributed by atoms with E-state index in [0.29, 0.717) is 35.4 Å². The van der Waals surface area contributed by atoms with Gasteiger partial charge in [0.15, 0.2) is 11.2 Å². The first-order valence-corrected chi connectivity index (χ1v) is 14.6. The number of fused-ring (bicyclic) bond motifs is 2. The Hall–Kier alpha value is -3.76. The van der Waals surface area contributed by atoms with E-state index in [1.54, 1.807) is 53.7 Å². The lowest BCUT2D eigenvalue weighted by Gasteiger charge is -2.23. The molecule has 39 heavy (non-hydrogen) atoms. The highest BCUT2D eigenvalue weighted by Gasteiger charge is 2.45. The molecule has 0 spiro atoms. The number of anilines is 1. The van der Waals surface area contributed by atoms with Crippen LogP contribution in [0.1, 0.15) is 70.3 Å². The maximum absolute atomic E-state index is 13.9. The smallest absolute Gasteiger partial charge is 0.296 e. The number of hydrogen-bond donors (Lipinski definition) is 0. The van der Waals surface area contributed by atoms with Crippen molar-refractivity contribution >= 4 is 32.7 Å². The van der Waals surface area contributed by atoms with Crippen LogP contribution in [0.25, 0.3) is 11.0 Å². The highest BCUT2D eigenvalue weighted by atomic mass is 32.2. The standard InChI is InChI=1S/C29H29N3O6S/c1-17-14-22-23(15-18(17)2)37-28-25(27(22)33)26(32(29(28)34)24-16-19(3)38-30-24)20-8-10-21(11-9-20)39(35,36)31-12-6-4-5-7-13-31/h8-11,14-16,26H,4-7,12-13H2,1-3H3. The lowest BCUT2D eigenvalue weighted by Crippen LogP contribution is -2.32. The Morgan fingerprint density at radius 2 is 1.56 bits per heavy atom. The number of sulfonamides is 1. The van der Waals surface area contributed by atoms with Crippen molar-refractivity contribution in [2.75, 3.05) is 18.0 Å². The minimum Gasteiger partial charge on any atom is -0.450 e. The molecule has 1 fully saturated rings. The van der Waals surface area contributed by atoms with Gasteiger partial charge in [-0.1, -0.05) is 30.1 Å². The molecule has 1 amide bonds. The summed E-state index contributed by atoms with van der Waals surface area (Å²) in [6, 6.07) is 10.7. The Morgan fingerprint density at radius 3 is 2.21 bits per heavy atom. The molecule has 10 heteroatoms. The Bertz CT molecular complexity index is 1760. The molecule has 0 bridgehead atoms. The van der Waals surface area contributed by atoms with Gasteiger partial charge in [-0.2, -0.15) is 4.31 Å². The van der Waals surface area contributed by atoms with Crippen LogP contribution in [0.3, 0.4) is 0 Å². The van der Waals surface area contributed by atoms with Crippen molar-refractivity contribution < 1.29 is 22.2 Å². The predicted octanol–water partition coefficient (Wildman–Crippen LogP) is 5.02. The summed E-state index contributed by atoms with van der Waals surface area (Å²) >= 11 is 0. The van der Waals surface area contributed by atoms with Gasteiger partial charge in [0.25, 0.3) is 5.91 Å². The Labute approximate surface area is 226 Å². The first-order chi connectivity index (χ1) is 18.7.